The SMILES string of the molecule is C1CCOC1.CC(C)(C)P(n1cc[n+](P(C(C)(C)C)C(C)(C)C)c1[B-](c1c(F)c(F)c(F)c(F)c1F)(c1c(F)c(F)c(F)c(F)c1F)c1c(F)c(F)c(F)c(F)c1F)C(C)(C)C. The highest BCUT2D eigenvalue weighted by molar-refractivity contribution is 7.60. The lowest BCUT2D eigenvalue weighted by Crippen LogP contribution is -2.85. The fourth-order valence-corrected chi connectivity index (χ4v) is 16.8. The van der Waals surface area contributed by atoms with Crippen LogP contribution in [0.1, 0.15) is 95.9 Å². The average Bonchev–Trinajstić information content (AvgIpc) is 3.85. The van der Waals surface area contributed by atoms with Crippen molar-refractivity contribution < 1.29 is 74.9 Å². The van der Waals surface area contributed by atoms with Gasteiger partial charge in [0.1, 0.15) is 63.4 Å². The first-order chi connectivity index (χ1) is 28.1. The van der Waals surface area contributed by atoms with Gasteiger partial charge in [-0.15, -0.1) is 16.4 Å². The molecule has 2 heterocycles. The first-order valence-electron chi connectivity index (χ1n) is 19.2. The Morgan fingerprint density at radius 3 is 0.903 bits per heavy atom. The van der Waals surface area contributed by atoms with Crippen LogP contribution in [-0.4, -0.2) is 44.3 Å². The number of ether oxygens (including phenoxy) is 1. The Morgan fingerprint density at radius 2 is 0.694 bits per heavy atom. The van der Waals surface area contributed by atoms with Crippen molar-refractivity contribution in [1.82, 2.24) is 4.34 Å². The Hall–Kier alpha value is -3.30. The number of nitrogens with zero attached hydrogens (tertiary/aromatic N) is 2. The van der Waals surface area contributed by atoms with Crippen molar-refractivity contribution in [3.8, 4) is 0 Å². The lowest BCUT2D eigenvalue weighted by Gasteiger charge is -2.47. The van der Waals surface area contributed by atoms with Gasteiger partial charge in [0.2, 0.25) is 6.15 Å². The second-order valence-electron chi connectivity index (χ2n) is 18.8. The molecule has 1 aliphatic rings. The lowest BCUT2D eigenvalue weighted by atomic mass is 9.14. The zero-order valence-electron chi connectivity index (χ0n) is 35.9. The molecule has 3 nitrogen and oxygen atoms in total. The van der Waals surface area contributed by atoms with E-state index in [-0.39, 0.29) is 0 Å². The third-order valence-electron chi connectivity index (χ3n) is 10.0. The Kier molecular flexibility index (Phi) is 14.6. The summed E-state index contributed by atoms with van der Waals surface area (Å²) in [4.78, 5) is 0. The highest BCUT2D eigenvalue weighted by Gasteiger charge is 2.58. The van der Waals surface area contributed by atoms with Gasteiger partial charge in [0.15, 0.2) is 52.4 Å². The van der Waals surface area contributed by atoms with Crippen molar-refractivity contribution in [2.45, 2.75) is 117 Å². The molecule has 1 saturated heterocycles. The zero-order valence-corrected chi connectivity index (χ0v) is 37.7. The smallest absolute Gasteiger partial charge is 0.220 e. The molecule has 0 radical (unpaired) electrons. The van der Waals surface area contributed by atoms with E-state index < -0.39 is 152 Å². The van der Waals surface area contributed by atoms with Crippen molar-refractivity contribution in [2.75, 3.05) is 13.2 Å². The van der Waals surface area contributed by atoms with E-state index in [2.05, 4.69) is 0 Å². The number of benzene rings is 3. The number of halogens is 15. The number of hydrogen-bond acceptors (Lipinski definition) is 1. The quantitative estimate of drug-likeness (QED) is 0.0619. The van der Waals surface area contributed by atoms with Crippen LogP contribution >= 0.6 is 16.1 Å². The van der Waals surface area contributed by atoms with Gasteiger partial charge in [0, 0.05) is 33.8 Å². The molecule has 0 atom stereocenters. The summed E-state index contributed by atoms with van der Waals surface area (Å²) in [6.45, 7) is 20.6. The number of hydrogen-bond donors (Lipinski definition) is 0. The van der Waals surface area contributed by atoms with E-state index in [0.717, 1.165) is 34.3 Å². The first kappa shape index (κ1) is 51.3. The second-order valence-corrected chi connectivity index (χ2v) is 26.3. The van der Waals surface area contributed by atoms with Gasteiger partial charge in [0.05, 0.1) is 5.72 Å². The van der Waals surface area contributed by atoms with Crippen LogP contribution in [0, 0.1) is 87.3 Å². The van der Waals surface area contributed by atoms with E-state index in [0.29, 0.717) is 0 Å². The molecule has 1 aromatic heterocycles. The standard InChI is InChI=1S/C37H38BF15N2P2.C4H8O/c1-34(2,3)56(35(4,5)6)54-13-14-55(57(36(7,8)9)37(10,11)12)33(54)38(15-18(39)24(45)30(51)25(46)19(15)40,16-20(41)26(47)31(52)27(48)21(16)42)17-22(43)28(49)32(53)29(50)23(17)44;1-2-4-5-3-1/h13-14H,1-12H3;1-4H2. The second kappa shape index (κ2) is 17.6. The summed E-state index contributed by atoms with van der Waals surface area (Å²) in [5, 5.41) is -4.63. The number of imidazole rings is 1. The van der Waals surface area contributed by atoms with E-state index in [9.17, 15) is 13.2 Å². The fraction of sp³-hybridized carbons (Fsp3) is 0.488. The first-order valence-corrected chi connectivity index (χ1v) is 21.7. The van der Waals surface area contributed by atoms with Crippen LogP contribution in [0.3, 0.4) is 0 Å². The van der Waals surface area contributed by atoms with Gasteiger partial charge in [-0.25, -0.2) is 65.9 Å². The molecule has 0 N–H and O–H groups in total. The molecule has 0 aliphatic carbocycles. The molecule has 344 valence electrons. The lowest BCUT2D eigenvalue weighted by molar-refractivity contribution is -0.494. The van der Waals surface area contributed by atoms with Crippen LogP contribution < -0.4 is 26.4 Å². The van der Waals surface area contributed by atoms with Gasteiger partial charge in [-0.1, -0.05) is 83.1 Å². The summed E-state index contributed by atoms with van der Waals surface area (Å²) < 4.78 is 246. The summed E-state index contributed by atoms with van der Waals surface area (Å²) in [5.74, 6) is -45.3. The molecule has 0 unspecified atom stereocenters. The fourth-order valence-electron chi connectivity index (χ4n) is 8.76. The highest BCUT2D eigenvalue weighted by Crippen LogP contribution is 2.61. The van der Waals surface area contributed by atoms with Crippen molar-refractivity contribution in [3.05, 3.63) is 99.7 Å². The van der Waals surface area contributed by atoms with Gasteiger partial charge in [-0.2, -0.15) is 0 Å². The molecule has 0 bridgehead atoms. The van der Waals surface area contributed by atoms with Gasteiger partial charge >= 0.3 is 0 Å². The summed E-state index contributed by atoms with van der Waals surface area (Å²) in [6.07, 6.45) is -1.41. The minimum atomic E-state index is -6.06. The summed E-state index contributed by atoms with van der Waals surface area (Å²) in [5.41, 5.74) is -9.25. The van der Waals surface area contributed by atoms with Crippen LogP contribution in [-0.2, 0) is 4.74 Å². The molecule has 5 rings (SSSR count). The van der Waals surface area contributed by atoms with Crippen molar-refractivity contribution in [3.63, 3.8) is 0 Å². The third kappa shape index (κ3) is 8.64. The van der Waals surface area contributed by atoms with Gasteiger partial charge < -0.3 is 4.74 Å². The van der Waals surface area contributed by atoms with E-state index in [1.54, 1.807) is 83.1 Å². The van der Waals surface area contributed by atoms with Gasteiger partial charge in [-0.3, -0.25) is 8.68 Å². The van der Waals surface area contributed by atoms with Crippen molar-refractivity contribution in [2.24, 2.45) is 0 Å². The normalized spacial score (nSPS) is 14.3. The van der Waals surface area contributed by atoms with Crippen LogP contribution in [0.5, 0.6) is 0 Å². The molecule has 0 spiro atoms. The maximum atomic E-state index is 16.8. The zero-order chi connectivity index (χ0) is 47.7. The summed E-state index contributed by atoms with van der Waals surface area (Å²) in [6, 6.07) is 0. The van der Waals surface area contributed by atoms with Crippen LogP contribution in [0.2, 0.25) is 0 Å². The van der Waals surface area contributed by atoms with E-state index in [1.807, 2.05) is 0 Å². The van der Waals surface area contributed by atoms with Crippen LogP contribution in [0.4, 0.5) is 65.9 Å². The topological polar surface area (TPSA) is 18.0 Å². The minimum Gasteiger partial charge on any atom is -0.381 e. The molecular weight excluding hydrogens is 894 g/mol. The number of rotatable bonds is 6. The summed E-state index contributed by atoms with van der Waals surface area (Å²) >= 11 is 0. The molecular formula is C41H46BF15N2OP2. The monoisotopic (exact) mass is 940 g/mol. The predicted molar refractivity (Wildman–Crippen MR) is 211 cm³/mol. The maximum Gasteiger partial charge on any atom is 0.220 e. The molecule has 0 saturated carbocycles. The summed E-state index contributed by atoms with van der Waals surface area (Å²) in [7, 11) is -4.58. The van der Waals surface area contributed by atoms with Crippen LogP contribution in [0.25, 0.3) is 0 Å². The largest absolute Gasteiger partial charge is 0.381 e. The number of aromatic nitrogens is 2. The Labute approximate surface area is 352 Å². The molecule has 21 heteroatoms. The third-order valence-corrected chi connectivity index (χ3v) is 16.7. The highest BCUT2D eigenvalue weighted by atomic mass is 31.1. The molecule has 1 aliphatic heterocycles. The van der Waals surface area contributed by atoms with E-state index in [1.165, 1.54) is 12.8 Å². The van der Waals surface area contributed by atoms with Gasteiger partial charge in [0.25, 0.3) is 0 Å². The Bertz CT molecular complexity index is 2040. The molecule has 62 heavy (non-hydrogen) atoms. The van der Waals surface area contributed by atoms with Crippen molar-refractivity contribution >= 4 is 44.4 Å². The Balaban J connectivity index is 0.00000157. The van der Waals surface area contributed by atoms with E-state index in [4.69, 9.17) is 4.74 Å². The minimum absolute atomic E-state index is 0.913. The average molecular weight is 941 g/mol. The Morgan fingerprint density at radius 1 is 0.435 bits per heavy atom. The molecule has 1 fully saturated rings. The van der Waals surface area contributed by atoms with Crippen molar-refractivity contribution in [1.29, 1.82) is 0 Å². The van der Waals surface area contributed by atoms with Gasteiger partial charge in [-0.05, 0) is 12.8 Å². The molecule has 4 aromatic rings. The van der Waals surface area contributed by atoms with Crippen LogP contribution in [0.15, 0.2) is 12.4 Å². The molecule has 0 amide bonds. The molecule has 3 aromatic carbocycles. The predicted octanol–water partition coefficient (Wildman–Crippen LogP) is 10.7. The van der Waals surface area contributed by atoms with E-state index >= 15 is 52.7 Å². The maximum absolute atomic E-state index is 16.8.